The molecule has 0 fully saturated rings. The second-order valence-corrected chi connectivity index (χ2v) is 5.22. The number of furan rings is 1. The molecule has 0 atom stereocenters. The molecule has 0 aliphatic carbocycles. The van der Waals surface area contributed by atoms with E-state index < -0.39 is 0 Å². The first kappa shape index (κ1) is 13.8. The number of aromatic amines is 1. The van der Waals surface area contributed by atoms with Crippen LogP contribution >= 0.6 is 23.2 Å². The van der Waals surface area contributed by atoms with E-state index in [1.807, 2.05) is 0 Å². The van der Waals surface area contributed by atoms with Crippen LogP contribution in [0.3, 0.4) is 0 Å². The van der Waals surface area contributed by atoms with Gasteiger partial charge in [-0.05, 0) is 36.4 Å². The van der Waals surface area contributed by atoms with E-state index in [9.17, 15) is 4.79 Å². The van der Waals surface area contributed by atoms with Gasteiger partial charge in [-0.1, -0.05) is 29.8 Å². The van der Waals surface area contributed by atoms with E-state index in [-0.39, 0.29) is 5.56 Å². The lowest BCUT2D eigenvalue weighted by molar-refractivity contribution is 0.556. The largest absolute Gasteiger partial charge is 0.465 e. The maximum absolute atomic E-state index is 12.5. The number of rotatable bonds is 2. The molecule has 21 heavy (non-hydrogen) atoms. The molecular weight excluding hydrogens is 311 g/mol. The van der Waals surface area contributed by atoms with Crippen LogP contribution in [0.5, 0.6) is 0 Å². The van der Waals surface area contributed by atoms with Crippen molar-refractivity contribution in [3.8, 4) is 5.69 Å². The van der Waals surface area contributed by atoms with E-state index in [4.69, 9.17) is 27.6 Å². The third-order valence-electron chi connectivity index (χ3n) is 3.00. The number of benzene rings is 1. The van der Waals surface area contributed by atoms with Gasteiger partial charge < -0.3 is 4.42 Å². The Morgan fingerprint density at radius 2 is 2.05 bits per heavy atom. The molecule has 0 saturated heterocycles. The summed E-state index contributed by atoms with van der Waals surface area (Å²) in [6.07, 6.45) is 3.17. The lowest BCUT2D eigenvalue weighted by Crippen LogP contribution is -2.33. The Bertz CT molecular complexity index is 953. The second-order valence-electron chi connectivity index (χ2n) is 4.40. The highest BCUT2D eigenvalue weighted by atomic mass is 35.5. The number of halogens is 2. The highest BCUT2D eigenvalue weighted by Crippen LogP contribution is 2.23. The van der Waals surface area contributed by atoms with Crippen LogP contribution in [0.4, 0.5) is 0 Å². The summed E-state index contributed by atoms with van der Waals surface area (Å²) in [5.41, 5.74) is 0.341. The minimum absolute atomic E-state index is 0.241. The quantitative estimate of drug-likeness (QED) is 0.787. The van der Waals surface area contributed by atoms with E-state index in [1.54, 1.807) is 42.7 Å². The number of aromatic nitrogens is 2. The predicted octanol–water partition coefficient (Wildman–Crippen LogP) is 2.30. The smallest absolute Gasteiger partial charge is 0.279 e. The fourth-order valence-electron chi connectivity index (χ4n) is 1.97. The van der Waals surface area contributed by atoms with Gasteiger partial charge in [-0.2, -0.15) is 0 Å². The van der Waals surface area contributed by atoms with Crippen LogP contribution in [-0.4, -0.2) is 9.78 Å². The average molecular weight is 321 g/mol. The summed E-state index contributed by atoms with van der Waals surface area (Å²) < 4.78 is 6.57. The number of H-pyrrole nitrogens is 1. The van der Waals surface area contributed by atoms with E-state index in [0.29, 0.717) is 32.1 Å². The van der Waals surface area contributed by atoms with Gasteiger partial charge in [-0.25, -0.2) is 4.68 Å². The van der Waals surface area contributed by atoms with Crippen LogP contribution in [0.1, 0.15) is 5.76 Å². The summed E-state index contributed by atoms with van der Waals surface area (Å²) >= 11 is 11.9. The molecule has 2 heterocycles. The van der Waals surface area contributed by atoms with Crippen molar-refractivity contribution >= 4 is 35.9 Å². The van der Waals surface area contributed by atoms with Gasteiger partial charge in [-0.15, -0.1) is 0 Å². The lowest BCUT2D eigenvalue weighted by Gasteiger charge is -2.02. The van der Waals surface area contributed by atoms with Gasteiger partial charge in [-0.3, -0.25) is 9.89 Å². The molecule has 0 radical (unpaired) electrons. The van der Waals surface area contributed by atoms with Crippen LogP contribution in [0.15, 0.2) is 45.8 Å². The third kappa shape index (κ3) is 2.55. The Balaban J connectivity index is 2.21. The molecule has 0 saturated carbocycles. The first-order valence-corrected chi connectivity index (χ1v) is 6.82. The summed E-state index contributed by atoms with van der Waals surface area (Å²) in [5.74, 6) is 0.581. The van der Waals surface area contributed by atoms with E-state index in [1.165, 1.54) is 4.68 Å². The molecule has 0 unspecified atom stereocenters. The van der Waals surface area contributed by atoms with Crippen molar-refractivity contribution in [1.29, 1.82) is 0 Å². The van der Waals surface area contributed by atoms with E-state index in [0.717, 1.165) is 0 Å². The molecule has 1 N–H and O–H groups in total. The van der Waals surface area contributed by atoms with Crippen molar-refractivity contribution in [2.45, 2.75) is 0 Å². The Morgan fingerprint density at radius 1 is 1.24 bits per heavy atom. The van der Waals surface area contributed by atoms with Crippen molar-refractivity contribution < 1.29 is 4.42 Å². The third-order valence-corrected chi connectivity index (χ3v) is 3.74. The maximum Gasteiger partial charge on any atom is 0.279 e. The first-order valence-electron chi connectivity index (χ1n) is 6.07. The van der Waals surface area contributed by atoms with E-state index >= 15 is 0 Å². The molecule has 2 aromatic heterocycles. The van der Waals surface area contributed by atoms with Gasteiger partial charge in [0, 0.05) is 0 Å². The summed E-state index contributed by atoms with van der Waals surface area (Å²) in [6, 6.07) is 8.44. The normalized spacial score (nSPS) is 12.0. The van der Waals surface area contributed by atoms with Crippen LogP contribution < -0.4 is 16.1 Å². The van der Waals surface area contributed by atoms with Crippen LogP contribution in [-0.2, 0) is 0 Å². The molecule has 1 aromatic carbocycles. The standard InChI is InChI=1S/C15H10Cl2N2O2/c1-9-12(8-11-3-2-6-21-11)15(20)19(18-9)10-4-5-13(16)14(17)7-10/h2-8,18H,1H2. The predicted molar refractivity (Wildman–Crippen MR) is 83.5 cm³/mol. The van der Waals surface area contributed by atoms with Crippen molar-refractivity contribution in [2.75, 3.05) is 0 Å². The Labute approximate surface area is 129 Å². The van der Waals surface area contributed by atoms with Crippen LogP contribution in [0.25, 0.3) is 18.3 Å². The molecule has 3 aromatic rings. The van der Waals surface area contributed by atoms with Crippen molar-refractivity contribution in [3.05, 3.63) is 73.3 Å². The van der Waals surface area contributed by atoms with Gasteiger partial charge >= 0.3 is 0 Å². The molecule has 0 spiro atoms. The molecule has 0 bridgehead atoms. The van der Waals surface area contributed by atoms with Gasteiger partial charge in [0.1, 0.15) is 5.76 Å². The minimum Gasteiger partial charge on any atom is -0.465 e. The van der Waals surface area contributed by atoms with Crippen LogP contribution in [0.2, 0.25) is 10.0 Å². The Kier molecular flexibility index (Phi) is 3.49. The average Bonchev–Trinajstić information content (AvgIpc) is 3.06. The lowest BCUT2D eigenvalue weighted by atomic mass is 10.3. The maximum atomic E-state index is 12.5. The summed E-state index contributed by atoms with van der Waals surface area (Å²) in [6.45, 7) is 3.84. The zero-order valence-corrected chi connectivity index (χ0v) is 12.3. The fraction of sp³-hybridized carbons (Fsp3) is 0. The highest BCUT2D eigenvalue weighted by molar-refractivity contribution is 6.42. The van der Waals surface area contributed by atoms with Gasteiger partial charge in [0.25, 0.3) is 5.56 Å². The number of hydrogen-bond acceptors (Lipinski definition) is 2. The molecule has 3 rings (SSSR count). The molecule has 0 amide bonds. The van der Waals surface area contributed by atoms with Crippen LogP contribution in [0, 0.1) is 0 Å². The Hall–Kier alpha value is -2.17. The summed E-state index contributed by atoms with van der Waals surface area (Å²) in [4.78, 5) is 12.5. The SMILES string of the molecule is C=c1[nH]n(-c2ccc(Cl)c(Cl)c2)c(=O)c1=Cc1ccco1. The van der Waals surface area contributed by atoms with Crippen molar-refractivity contribution in [2.24, 2.45) is 0 Å². The van der Waals surface area contributed by atoms with Gasteiger partial charge in [0.05, 0.1) is 32.6 Å². The minimum atomic E-state index is -0.241. The highest BCUT2D eigenvalue weighted by Gasteiger charge is 2.07. The molecule has 106 valence electrons. The van der Waals surface area contributed by atoms with Gasteiger partial charge in [0.2, 0.25) is 0 Å². The monoisotopic (exact) mass is 320 g/mol. The summed E-state index contributed by atoms with van der Waals surface area (Å²) in [7, 11) is 0. The zero-order chi connectivity index (χ0) is 15.0. The number of hydrogen-bond donors (Lipinski definition) is 1. The molecule has 6 heteroatoms. The number of nitrogens with zero attached hydrogens (tertiary/aromatic N) is 1. The zero-order valence-electron chi connectivity index (χ0n) is 10.8. The van der Waals surface area contributed by atoms with Crippen molar-refractivity contribution in [1.82, 2.24) is 9.78 Å². The van der Waals surface area contributed by atoms with Crippen molar-refractivity contribution in [3.63, 3.8) is 0 Å². The molecular formula is C15H10Cl2N2O2. The number of nitrogens with one attached hydrogen (secondary N) is 1. The Morgan fingerprint density at radius 3 is 2.71 bits per heavy atom. The van der Waals surface area contributed by atoms with Gasteiger partial charge in [0.15, 0.2) is 0 Å². The first-order chi connectivity index (χ1) is 10.1. The topological polar surface area (TPSA) is 50.9 Å². The van der Waals surface area contributed by atoms with E-state index in [2.05, 4.69) is 11.7 Å². The fourth-order valence-corrected chi connectivity index (χ4v) is 2.26. The summed E-state index contributed by atoms with van der Waals surface area (Å²) in [5, 5.41) is 4.62. The second kappa shape index (κ2) is 5.31. The molecule has 0 aliphatic rings. The molecule has 0 aliphatic heterocycles. The molecule has 4 nitrogen and oxygen atoms in total.